The first-order valence-electron chi connectivity index (χ1n) is 8.69. The van der Waals surface area contributed by atoms with E-state index in [0.717, 1.165) is 5.39 Å². The number of carbonyl (C=O) groups is 2. The normalized spacial score (nSPS) is 16.1. The van der Waals surface area contributed by atoms with E-state index in [1.165, 1.54) is 19.1 Å². The minimum absolute atomic E-state index is 0.0938. The molecule has 29 heavy (non-hydrogen) atoms. The third kappa shape index (κ3) is 6.11. The summed E-state index contributed by atoms with van der Waals surface area (Å²) < 4.78 is 40.0. The highest BCUT2D eigenvalue weighted by molar-refractivity contribution is 7.90. The fourth-order valence-corrected chi connectivity index (χ4v) is 6.25. The van der Waals surface area contributed by atoms with E-state index in [-0.39, 0.29) is 11.3 Å². The molecule has 158 valence electrons. The van der Waals surface area contributed by atoms with E-state index in [0.29, 0.717) is 5.39 Å². The summed E-state index contributed by atoms with van der Waals surface area (Å²) in [5.74, 6) is -5.47. The fourth-order valence-electron chi connectivity index (χ4n) is 2.77. The van der Waals surface area contributed by atoms with Gasteiger partial charge in [-0.25, -0.2) is 8.42 Å². The number of aliphatic carboxylic acids is 2. The lowest BCUT2D eigenvalue weighted by Gasteiger charge is -2.23. The molecule has 0 aromatic heterocycles. The van der Waals surface area contributed by atoms with Crippen LogP contribution in [-0.4, -0.2) is 47.4 Å². The molecule has 0 radical (unpaired) electrons. The van der Waals surface area contributed by atoms with Crippen molar-refractivity contribution >= 4 is 40.1 Å². The van der Waals surface area contributed by atoms with Gasteiger partial charge in [-0.3, -0.25) is 14.2 Å². The summed E-state index contributed by atoms with van der Waals surface area (Å²) in [5, 5.41) is 19.4. The van der Waals surface area contributed by atoms with Crippen molar-refractivity contribution in [1.82, 2.24) is 4.72 Å². The number of fused-ring (bicyclic) bond motifs is 1. The summed E-state index contributed by atoms with van der Waals surface area (Å²) in [4.78, 5) is 32.1. The third-order valence-electron chi connectivity index (χ3n) is 4.50. The van der Waals surface area contributed by atoms with Crippen LogP contribution in [0.4, 0.5) is 0 Å². The standard InChI is InChI=1S/C18H22NO8PS/c1-12(28(24,25)11-15(18(22)23)7-9-17(20)21)19-29(26,27)16-8-6-13-4-2-3-5-14(13)10-16/h2-6,8,10,12,15,19H,7,9,11H2,1H3,(H,20,21)(H,22,23)(H,24,25). The quantitative estimate of drug-likeness (QED) is 0.407. The largest absolute Gasteiger partial charge is 0.481 e. The van der Waals surface area contributed by atoms with Gasteiger partial charge < -0.3 is 15.1 Å². The molecule has 0 spiro atoms. The van der Waals surface area contributed by atoms with Crippen LogP contribution >= 0.6 is 7.37 Å². The maximum atomic E-state index is 12.6. The van der Waals surface area contributed by atoms with E-state index < -0.39 is 53.6 Å². The van der Waals surface area contributed by atoms with Gasteiger partial charge in [0.2, 0.25) is 17.4 Å². The van der Waals surface area contributed by atoms with Crippen LogP contribution < -0.4 is 4.72 Å². The second-order valence-electron chi connectivity index (χ2n) is 6.71. The molecule has 11 heteroatoms. The Bertz CT molecular complexity index is 1070. The van der Waals surface area contributed by atoms with Crippen LogP contribution in [0.2, 0.25) is 0 Å². The maximum Gasteiger partial charge on any atom is 0.307 e. The Balaban J connectivity index is 2.18. The molecule has 3 unspecified atom stereocenters. The van der Waals surface area contributed by atoms with Crippen molar-refractivity contribution in [2.75, 3.05) is 6.16 Å². The maximum absolute atomic E-state index is 12.6. The number of benzene rings is 2. The number of rotatable bonds is 10. The average Bonchev–Trinajstić information content (AvgIpc) is 2.63. The van der Waals surface area contributed by atoms with E-state index >= 15 is 0 Å². The topological polar surface area (TPSA) is 158 Å². The van der Waals surface area contributed by atoms with Crippen LogP contribution in [-0.2, 0) is 24.2 Å². The van der Waals surface area contributed by atoms with E-state index in [2.05, 4.69) is 4.72 Å². The minimum atomic E-state index is -4.28. The van der Waals surface area contributed by atoms with Gasteiger partial charge in [0.05, 0.1) is 16.6 Å². The molecule has 0 heterocycles. The predicted molar refractivity (Wildman–Crippen MR) is 106 cm³/mol. The monoisotopic (exact) mass is 443 g/mol. The molecule has 2 aromatic carbocycles. The van der Waals surface area contributed by atoms with Crippen LogP contribution in [0.3, 0.4) is 0 Å². The van der Waals surface area contributed by atoms with Crippen molar-refractivity contribution in [3.8, 4) is 0 Å². The first kappa shape index (κ1) is 23.0. The highest BCUT2D eigenvalue weighted by Gasteiger charge is 2.36. The van der Waals surface area contributed by atoms with Gasteiger partial charge in [0.15, 0.2) is 0 Å². The second-order valence-corrected chi connectivity index (χ2v) is 11.1. The van der Waals surface area contributed by atoms with Crippen molar-refractivity contribution in [3.05, 3.63) is 42.5 Å². The molecule has 2 rings (SSSR count). The van der Waals surface area contributed by atoms with Gasteiger partial charge in [-0.1, -0.05) is 30.3 Å². The van der Waals surface area contributed by atoms with Crippen LogP contribution in [0.1, 0.15) is 19.8 Å². The number of carboxylic acids is 2. The van der Waals surface area contributed by atoms with Gasteiger partial charge in [-0.05, 0) is 36.2 Å². The molecule has 9 nitrogen and oxygen atoms in total. The van der Waals surface area contributed by atoms with Gasteiger partial charge in [0.1, 0.15) is 0 Å². The molecule has 3 atom stereocenters. The smallest absolute Gasteiger partial charge is 0.307 e. The molecule has 0 aliphatic heterocycles. The molecule has 2 aromatic rings. The average molecular weight is 443 g/mol. The highest BCUT2D eigenvalue weighted by Crippen LogP contribution is 2.47. The van der Waals surface area contributed by atoms with Gasteiger partial charge in [-0.15, -0.1) is 0 Å². The highest BCUT2D eigenvalue weighted by atomic mass is 32.2. The zero-order valence-corrected chi connectivity index (χ0v) is 17.3. The molecule has 0 bridgehead atoms. The van der Waals surface area contributed by atoms with Crippen molar-refractivity contribution in [2.24, 2.45) is 5.92 Å². The molecule has 0 saturated carbocycles. The molecular formula is C18H22NO8PS. The third-order valence-corrected chi connectivity index (χ3v) is 8.52. The number of hydrogen-bond acceptors (Lipinski definition) is 5. The van der Waals surface area contributed by atoms with E-state index in [9.17, 15) is 32.6 Å². The van der Waals surface area contributed by atoms with Crippen LogP contribution in [0.25, 0.3) is 10.8 Å². The van der Waals surface area contributed by atoms with Crippen molar-refractivity contribution in [3.63, 3.8) is 0 Å². The van der Waals surface area contributed by atoms with Crippen LogP contribution in [0, 0.1) is 5.92 Å². The van der Waals surface area contributed by atoms with Crippen molar-refractivity contribution in [1.29, 1.82) is 0 Å². The lowest BCUT2D eigenvalue weighted by atomic mass is 10.1. The number of carboxylic acid groups (broad SMARTS) is 2. The summed E-state index contributed by atoms with van der Waals surface area (Å²) in [7, 11) is -8.42. The van der Waals surface area contributed by atoms with Gasteiger partial charge in [0.25, 0.3) is 0 Å². The Labute approximate surface area is 167 Å². The van der Waals surface area contributed by atoms with E-state index in [1.807, 2.05) is 12.1 Å². The first-order valence-corrected chi connectivity index (χ1v) is 12.1. The Hall–Kier alpha value is -2.26. The van der Waals surface area contributed by atoms with Crippen molar-refractivity contribution < 1.29 is 37.7 Å². The summed E-state index contributed by atoms with van der Waals surface area (Å²) in [6.07, 6.45) is -1.55. The Morgan fingerprint density at radius 1 is 1.10 bits per heavy atom. The molecule has 4 N–H and O–H groups in total. The van der Waals surface area contributed by atoms with E-state index in [4.69, 9.17) is 5.11 Å². The number of nitrogens with one attached hydrogen (secondary N) is 1. The predicted octanol–water partition coefficient (Wildman–Crippen LogP) is 2.30. The van der Waals surface area contributed by atoms with Gasteiger partial charge in [0, 0.05) is 12.6 Å². The zero-order chi connectivity index (χ0) is 21.8. The van der Waals surface area contributed by atoms with Gasteiger partial charge >= 0.3 is 11.9 Å². The molecule has 0 aliphatic rings. The fraction of sp³-hybridized carbons (Fsp3) is 0.333. The first-order chi connectivity index (χ1) is 13.4. The number of sulfonamides is 1. The molecule has 0 aliphatic carbocycles. The molecule has 0 saturated heterocycles. The lowest BCUT2D eigenvalue weighted by molar-refractivity contribution is -0.142. The molecule has 0 amide bonds. The Morgan fingerprint density at radius 3 is 2.31 bits per heavy atom. The van der Waals surface area contributed by atoms with Crippen LogP contribution in [0.5, 0.6) is 0 Å². The van der Waals surface area contributed by atoms with Crippen molar-refractivity contribution in [2.45, 2.75) is 30.4 Å². The summed E-state index contributed by atoms with van der Waals surface area (Å²) >= 11 is 0. The Kier molecular flexibility index (Phi) is 7.18. The Morgan fingerprint density at radius 2 is 1.72 bits per heavy atom. The van der Waals surface area contributed by atoms with E-state index in [1.54, 1.807) is 18.2 Å². The summed E-state index contributed by atoms with van der Waals surface area (Å²) in [5.41, 5.74) is 0. The summed E-state index contributed by atoms with van der Waals surface area (Å²) in [6, 6.07) is 11.5. The molecular weight excluding hydrogens is 421 g/mol. The molecule has 0 fully saturated rings. The number of hydrogen-bond donors (Lipinski definition) is 4. The SMILES string of the molecule is CC(NS(=O)(=O)c1ccc2ccccc2c1)P(=O)(O)CC(CCC(=O)O)C(=O)O. The zero-order valence-electron chi connectivity index (χ0n) is 15.6. The lowest BCUT2D eigenvalue weighted by Crippen LogP contribution is -2.34. The second kappa shape index (κ2) is 9.04. The minimum Gasteiger partial charge on any atom is -0.481 e. The van der Waals surface area contributed by atoms with Gasteiger partial charge in [-0.2, -0.15) is 4.72 Å². The van der Waals surface area contributed by atoms with Crippen LogP contribution in [0.15, 0.2) is 47.4 Å². The summed E-state index contributed by atoms with van der Waals surface area (Å²) in [6.45, 7) is 1.18.